The molecule has 3 aromatic heterocycles. The molecule has 0 radical (unpaired) electrons. The van der Waals surface area contributed by atoms with Crippen LogP contribution in [0.2, 0.25) is 0 Å². The van der Waals surface area contributed by atoms with Gasteiger partial charge in [0.1, 0.15) is 21.4 Å². The van der Waals surface area contributed by atoms with Crippen molar-refractivity contribution in [3.63, 3.8) is 0 Å². The van der Waals surface area contributed by atoms with Crippen LogP contribution < -0.4 is 5.73 Å². The number of aromatic nitrogens is 4. The Labute approximate surface area is 161 Å². The quantitative estimate of drug-likeness (QED) is 0.736. The topological polar surface area (TPSA) is 89.9 Å². The van der Waals surface area contributed by atoms with Crippen LogP contribution in [0.4, 0.5) is 5.69 Å². The summed E-state index contributed by atoms with van der Waals surface area (Å²) >= 11 is 1.39. The Kier molecular flexibility index (Phi) is 4.07. The Hall–Kier alpha value is -2.48. The number of anilines is 1. The third-order valence-corrected chi connectivity index (χ3v) is 6.85. The Bertz CT molecular complexity index is 1000. The maximum absolute atomic E-state index is 13.0. The van der Waals surface area contributed by atoms with Gasteiger partial charge < -0.3 is 15.2 Å². The van der Waals surface area contributed by atoms with Crippen LogP contribution in [0, 0.1) is 0 Å². The summed E-state index contributed by atoms with van der Waals surface area (Å²) in [6.45, 7) is 2.49. The number of hydrogen-bond acceptors (Lipinski definition) is 6. The average molecular weight is 382 g/mol. The number of likely N-dealkylation sites (tertiary alicyclic amines) is 1. The molecule has 1 amide bonds. The summed E-state index contributed by atoms with van der Waals surface area (Å²) in [5.74, 6) is 2.65. The van der Waals surface area contributed by atoms with E-state index < -0.39 is 0 Å². The molecule has 7 nitrogen and oxygen atoms in total. The molecule has 0 spiro atoms. The van der Waals surface area contributed by atoms with Gasteiger partial charge in [-0.1, -0.05) is 0 Å². The zero-order valence-electron chi connectivity index (χ0n) is 15.1. The lowest BCUT2D eigenvalue weighted by Crippen LogP contribution is -2.38. The fraction of sp³-hybridized carbons (Fsp3) is 0.474. The van der Waals surface area contributed by atoms with E-state index in [1.165, 1.54) is 24.2 Å². The molecule has 0 aromatic carbocycles. The zero-order chi connectivity index (χ0) is 18.4. The number of nitrogens with two attached hydrogens (primary N) is 1. The molecule has 1 saturated heterocycles. The first-order valence-corrected chi connectivity index (χ1v) is 10.4. The average Bonchev–Trinajstić information content (AvgIpc) is 3.29. The van der Waals surface area contributed by atoms with Gasteiger partial charge in [0.25, 0.3) is 5.91 Å². The number of pyridine rings is 1. The number of nitrogen functional groups attached to an aromatic ring is 1. The number of nitrogens with zero attached hydrogens (tertiary/aromatic N) is 5. The van der Waals surface area contributed by atoms with Crippen LogP contribution in [0.25, 0.3) is 10.2 Å². The Morgan fingerprint density at radius 3 is 2.85 bits per heavy atom. The van der Waals surface area contributed by atoms with Crippen molar-refractivity contribution in [1.29, 1.82) is 0 Å². The first-order chi connectivity index (χ1) is 13.2. The van der Waals surface area contributed by atoms with Crippen molar-refractivity contribution in [3.05, 3.63) is 34.9 Å². The molecule has 140 valence electrons. The van der Waals surface area contributed by atoms with Crippen LogP contribution in [0.3, 0.4) is 0 Å². The van der Waals surface area contributed by atoms with Crippen molar-refractivity contribution in [1.82, 2.24) is 24.6 Å². The predicted octanol–water partition coefficient (Wildman–Crippen LogP) is 2.83. The van der Waals surface area contributed by atoms with Gasteiger partial charge in [-0.25, -0.2) is 4.98 Å². The molecule has 1 fully saturated rings. The van der Waals surface area contributed by atoms with Gasteiger partial charge >= 0.3 is 0 Å². The molecule has 0 bridgehead atoms. The predicted molar refractivity (Wildman–Crippen MR) is 105 cm³/mol. The van der Waals surface area contributed by atoms with Crippen molar-refractivity contribution < 1.29 is 4.79 Å². The summed E-state index contributed by atoms with van der Waals surface area (Å²) in [7, 11) is 0. The minimum Gasteiger partial charge on any atom is -0.397 e. The first-order valence-electron chi connectivity index (χ1n) is 9.56. The number of fused-ring (bicyclic) bond motifs is 2. The lowest BCUT2D eigenvalue weighted by molar-refractivity contribution is 0.0716. The number of amides is 1. The minimum atomic E-state index is 0.0252. The van der Waals surface area contributed by atoms with E-state index in [1.54, 1.807) is 6.20 Å². The van der Waals surface area contributed by atoms with Gasteiger partial charge in [0.15, 0.2) is 0 Å². The summed E-state index contributed by atoms with van der Waals surface area (Å²) in [4.78, 5) is 20.7. The first kappa shape index (κ1) is 16.7. The second-order valence-electron chi connectivity index (χ2n) is 7.35. The minimum absolute atomic E-state index is 0.0252. The molecule has 5 rings (SSSR count). The molecule has 2 aliphatic heterocycles. The van der Waals surface area contributed by atoms with E-state index >= 15 is 0 Å². The zero-order valence-corrected chi connectivity index (χ0v) is 15.9. The number of piperidine rings is 1. The Morgan fingerprint density at radius 1 is 1.19 bits per heavy atom. The molecule has 0 unspecified atom stereocenters. The van der Waals surface area contributed by atoms with Crippen molar-refractivity contribution in [2.24, 2.45) is 0 Å². The fourth-order valence-electron chi connectivity index (χ4n) is 4.23. The molecule has 2 N–H and O–H groups in total. The molecular formula is C19H22N6OS. The molecule has 0 aliphatic carbocycles. The molecular weight excluding hydrogens is 360 g/mol. The largest absolute Gasteiger partial charge is 0.397 e. The number of carbonyl (C=O) groups excluding carboxylic acids is 1. The van der Waals surface area contributed by atoms with E-state index in [4.69, 9.17) is 5.73 Å². The fourth-order valence-corrected chi connectivity index (χ4v) is 5.26. The summed E-state index contributed by atoms with van der Waals surface area (Å²) < 4.78 is 2.31. The lowest BCUT2D eigenvalue weighted by Gasteiger charge is -2.32. The van der Waals surface area contributed by atoms with Crippen LogP contribution in [-0.4, -0.2) is 43.6 Å². The van der Waals surface area contributed by atoms with Crippen LogP contribution in [0.1, 0.15) is 52.9 Å². The SMILES string of the molecule is Nc1c(C(=O)N2CCC(c3nnc4n3CCCC4)CC2)sc2ncccc12. The van der Waals surface area contributed by atoms with E-state index in [1.807, 2.05) is 17.0 Å². The van der Waals surface area contributed by atoms with E-state index in [9.17, 15) is 4.79 Å². The monoisotopic (exact) mass is 382 g/mol. The Balaban J connectivity index is 1.32. The van der Waals surface area contributed by atoms with Crippen LogP contribution in [-0.2, 0) is 13.0 Å². The molecule has 0 atom stereocenters. The summed E-state index contributed by atoms with van der Waals surface area (Å²) in [6, 6.07) is 3.77. The van der Waals surface area contributed by atoms with E-state index in [0.29, 0.717) is 16.5 Å². The highest BCUT2D eigenvalue weighted by Gasteiger charge is 2.30. The van der Waals surface area contributed by atoms with E-state index in [0.717, 1.165) is 60.8 Å². The molecule has 8 heteroatoms. The van der Waals surface area contributed by atoms with Gasteiger partial charge in [0.05, 0.1) is 5.69 Å². The van der Waals surface area contributed by atoms with Gasteiger partial charge in [-0.2, -0.15) is 0 Å². The molecule has 27 heavy (non-hydrogen) atoms. The molecule has 3 aromatic rings. The van der Waals surface area contributed by atoms with Gasteiger partial charge in [0, 0.05) is 43.6 Å². The van der Waals surface area contributed by atoms with Gasteiger partial charge in [0.2, 0.25) is 0 Å². The van der Waals surface area contributed by atoms with E-state index in [-0.39, 0.29) is 5.91 Å². The number of hydrogen-bond donors (Lipinski definition) is 1. The number of carbonyl (C=O) groups is 1. The van der Waals surface area contributed by atoms with Crippen LogP contribution in [0.5, 0.6) is 0 Å². The third kappa shape index (κ3) is 2.79. The number of aryl methyl sites for hydroxylation is 1. The van der Waals surface area contributed by atoms with Gasteiger partial charge in [-0.15, -0.1) is 21.5 Å². The highest BCUT2D eigenvalue weighted by molar-refractivity contribution is 7.21. The normalized spacial score (nSPS) is 18.0. The maximum atomic E-state index is 13.0. The van der Waals surface area contributed by atoms with Crippen molar-refractivity contribution in [2.45, 2.75) is 44.6 Å². The van der Waals surface area contributed by atoms with Crippen molar-refractivity contribution in [3.8, 4) is 0 Å². The standard InChI is InChI=1S/C19H22N6OS/c20-15-13-4-3-8-21-18(13)27-16(15)19(26)24-10-6-12(7-11-24)17-23-22-14-5-1-2-9-25(14)17/h3-4,8,12H,1-2,5-7,9-11,20H2. The number of thiophene rings is 1. The lowest BCUT2D eigenvalue weighted by atomic mass is 9.95. The van der Waals surface area contributed by atoms with E-state index in [2.05, 4.69) is 19.7 Å². The second-order valence-corrected chi connectivity index (χ2v) is 8.35. The number of rotatable bonds is 2. The Morgan fingerprint density at radius 2 is 2.04 bits per heavy atom. The van der Waals surface area contributed by atoms with Crippen molar-refractivity contribution >= 4 is 33.1 Å². The summed E-state index contributed by atoms with van der Waals surface area (Å²) in [5, 5.41) is 9.73. The van der Waals surface area contributed by atoms with Crippen LogP contribution in [0.15, 0.2) is 18.3 Å². The highest BCUT2D eigenvalue weighted by atomic mass is 32.1. The smallest absolute Gasteiger partial charge is 0.266 e. The molecule has 2 aliphatic rings. The molecule has 0 saturated carbocycles. The third-order valence-electron chi connectivity index (χ3n) is 5.73. The highest BCUT2D eigenvalue weighted by Crippen LogP contribution is 2.35. The van der Waals surface area contributed by atoms with Gasteiger partial charge in [-0.05, 0) is 37.8 Å². The molecule has 5 heterocycles. The van der Waals surface area contributed by atoms with Crippen molar-refractivity contribution in [2.75, 3.05) is 18.8 Å². The second kappa shape index (κ2) is 6.60. The summed E-state index contributed by atoms with van der Waals surface area (Å²) in [6.07, 6.45) is 7.02. The maximum Gasteiger partial charge on any atom is 0.266 e. The summed E-state index contributed by atoms with van der Waals surface area (Å²) in [5.41, 5.74) is 6.79. The van der Waals surface area contributed by atoms with Gasteiger partial charge in [-0.3, -0.25) is 4.79 Å². The van der Waals surface area contributed by atoms with Crippen LogP contribution >= 0.6 is 11.3 Å².